The number of carbonyl (C=O) groups excluding carboxylic acids is 3. The minimum atomic E-state index is -0.947. The van der Waals surface area contributed by atoms with Gasteiger partial charge in [-0.25, -0.2) is 14.8 Å². The summed E-state index contributed by atoms with van der Waals surface area (Å²) in [5, 5.41) is 0. The van der Waals surface area contributed by atoms with Crippen molar-refractivity contribution in [2.45, 2.75) is 45.8 Å². The van der Waals surface area contributed by atoms with E-state index in [4.69, 9.17) is 9.47 Å². The fraction of sp³-hybridized carbons (Fsp3) is 0.480. The molecule has 180 valence electrons. The number of nitrogens with zero attached hydrogens (tertiary/aromatic N) is 4. The molecule has 1 amide bonds. The first-order valence-corrected chi connectivity index (χ1v) is 11.5. The Hall–Kier alpha value is -3.49. The van der Waals surface area contributed by atoms with Crippen LogP contribution in [0.3, 0.4) is 0 Å². The molecule has 1 aliphatic heterocycles. The molecule has 1 aliphatic carbocycles. The summed E-state index contributed by atoms with van der Waals surface area (Å²) in [4.78, 5) is 50.7. The van der Waals surface area contributed by atoms with Crippen molar-refractivity contribution in [1.82, 2.24) is 14.9 Å². The molecule has 2 aliphatic rings. The van der Waals surface area contributed by atoms with Crippen LogP contribution < -0.4 is 4.90 Å². The number of ether oxygens (including phenoxy) is 2. The maximum Gasteiger partial charge on any atom is 0.410 e. The second-order valence-electron chi connectivity index (χ2n) is 9.64. The number of ketones is 1. The number of hydrogen-bond acceptors (Lipinski definition) is 8. The van der Waals surface area contributed by atoms with Gasteiger partial charge in [0.25, 0.3) is 0 Å². The summed E-state index contributed by atoms with van der Waals surface area (Å²) in [7, 11) is 0. The number of anilines is 1. The molecule has 0 bridgehead atoms. The Balaban J connectivity index is 1.45. The lowest BCUT2D eigenvalue weighted by atomic mass is 9.94. The Morgan fingerprint density at radius 2 is 1.74 bits per heavy atom. The maximum atomic E-state index is 13.1. The van der Waals surface area contributed by atoms with Gasteiger partial charge in [0, 0.05) is 37.7 Å². The van der Waals surface area contributed by atoms with Crippen LogP contribution in [0.25, 0.3) is 0 Å². The highest BCUT2D eigenvalue weighted by atomic mass is 16.6. The molecule has 2 aromatic rings. The third kappa shape index (κ3) is 4.88. The maximum absolute atomic E-state index is 13.1. The van der Waals surface area contributed by atoms with Gasteiger partial charge in [0.15, 0.2) is 5.78 Å². The molecule has 1 aromatic carbocycles. The van der Waals surface area contributed by atoms with Crippen molar-refractivity contribution in [3.8, 4) is 0 Å². The van der Waals surface area contributed by atoms with Crippen LogP contribution in [-0.2, 0) is 20.9 Å². The number of benzene rings is 1. The Labute approximate surface area is 199 Å². The predicted molar refractivity (Wildman–Crippen MR) is 125 cm³/mol. The molecule has 2 heterocycles. The van der Waals surface area contributed by atoms with Crippen LogP contribution in [0.5, 0.6) is 0 Å². The normalized spacial score (nSPS) is 20.2. The van der Waals surface area contributed by atoms with Crippen molar-refractivity contribution in [1.29, 1.82) is 0 Å². The standard InChI is InChI=1S/C25H30N4O5/c1-16-18-20(21(30)19(16)23(31)33-14-17-8-6-5-7-9-17)26-15-27-22(18)28-10-12-29(13-11-28)24(32)34-25(2,3)4/h5-9,15-16,19H,10-14H2,1-4H3. The van der Waals surface area contributed by atoms with Gasteiger partial charge >= 0.3 is 12.1 Å². The van der Waals surface area contributed by atoms with E-state index in [2.05, 4.69) is 9.97 Å². The third-order valence-electron chi connectivity index (χ3n) is 6.04. The zero-order chi connectivity index (χ0) is 24.5. The van der Waals surface area contributed by atoms with Crippen molar-refractivity contribution in [2.24, 2.45) is 5.92 Å². The number of hydrogen-bond donors (Lipinski definition) is 0. The smallest absolute Gasteiger partial charge is 0.410 e. The minimum Gasteiger partial charge on any atom is -0.460 e. The van der Waals surface area contributed by atoms with Gasteiger partial charge in [-0.15, -0.1) is 0 Å². The molecule has 0 spiro atoms. The highest BCUT2D eigenvalue weighted by Gasteiger charge is 2.46. The van der Waals surface area contributed by atoms with E-state index in [1.807, 2.05) is 62.9 Å². The molecule has 4 rings (SSSR count). The van der Waals surface area contributed by atoms with Gasteiger partial charge in [-0.1, -0.05) is 37.3 Å². The second-order valence-corrected chi connectivity index (χ2v) is 9.64. The average Bonchev–Trinajstić information content (AvgIpc) is 3.07. The lowest BCUT2D eigenvalue weighted by Gasteiger charge is -2.37. The van der Waals surface area contributed by atoms with E-state index >= 15 is 0 Å². The first kappa shape index (κ1) is 23.7. The number of fused-ring (bicyclic) bond motifs is 1. The fourth-order valence-corrected chi connectivity index (χ4v) is 4.35. The Morgan fingerprint density at radius 3 is 2.38 bits per heavy atom. The Kier molecular flexibility index (Phi) is 6.54. The van der Waals surface area contributed by atoms with E-state index in [-0.39, 0.29) is 24.2 Å². The van der Waals surface area contributed by atoms with E-state index in [0.29, 0.717) is 37.6 Å². The summed E-state index contributed by atoms with van der Waals surface area (Å²) in [6.45, 7) is 9.47. The van der Waals surface area contributed by atoms with E-state index in [0.717, 1.165) is 5.56 Å². The average molecular weight is 467 g/mol. The summed E-state index contributed by atoms with van der Waals surface area (Å²) >= 11 is 0. The van der Waals surface area contributed by atoms with Crippen molar-refractivity contribution in [3.05, 3.63) is 53.5 Å². The number of rotatable bonds is 4. The van der Waals surface area contributed by atoms with Crippen molar-refractivity contribution in [3.63, 3.8) is 0 Å². The lowest BCUT2D eigenvalue weighted by molar-refractivity contribution is -0.148. The topological polar surface area (TPSA) is 102 Å². The van der Waals surface area contributed by atoms with Gasteiger partial charge in [0.05, 0.1) is 0 Å². The quantitative estimate of drug-likeness (QED) is 0.500. The third-order valence-corrected chi connectivity index (χ3v) is 6.04. The molecule has 9 heteroatoms. The van der Waals surface area contributed by atoms with Crippen LogP contribution in [0.15, 0.2) is 36.7 Å². The number of amides is 1. The highest BCUT2D eigenvalue weighted by Crippen LogP contribution is 2.42. The molecule has 0 saturated carbocycles. The molecular weight excluding hydrogens is 436 g/mol. The van der Waals surface area contributed by atoms with Gasteiger partial charge in [-0.05, 0) is 26.3 Å². The van der Waals surface area contributed by atoms with Crippen LogP contribution in [0, 0.1) is 5.92 Å². The zero-order valence-corrected chi connectivity index (χ0v) is 20.0. The summed E-state index contributed by atoms with van der Waals surface area (Å²) < 4.78 is 10.9. The van der Waals surface area contributed by atoms with Crippen LogP contribution >= 0.6 is 0 Å². The molecule has 0 radical (unpaired) electrons. The van der Waals surface area contributed by atoms with Gasteiger partial charge in [-0.3, -0.25) is 9.59 Å². The minimum absolute atomic E-state index is 0.109. The molecule has 2 atom stereocenters. The van der Waals surface area contributed by atoms with E-state index in [9.17, 15) is 14.4 Å². The first-order chi connectivity index (χ1) is 16.2. The van der Waals surface area contributed by atoms with Crippen molar-refractivity contribution >= 4 is 23.7 Å². The zero-order valence-electron chi connectivity index (χ0n) is 20.0. The van der Waals surface area contributed by atoms with Gasteiger partial charge in [0.1, 0.15) is 36.0 Å². The number of esters is 1. The molecule has 1 fully saturated rings. The SMILES string of the molecule is CC1c2c(ncnc2N2CCN(C(=O)OC(C)(C)C)CC2)C(=O)C1C(=O)OCc1ccccc1. The summed E-state index contributed by atoms with van der Waals surface area (Å²) in [5.41, 5.74) is 1.24. The van der Waals surface area contributed by atoms with E-state index in [1.165, 1.54) is 6.33 Å². The van der Waals surface area contributed by atoms with Crippen molar-refractivity contribution in [2.75, 3.05) is 31.1 Å². The highest BCUT2D eigenvalue weighted by molar-refractivity contribution is 6.12. The largest absolute Gasteiger partial charge is 0.460 e. The van der Waals surface area contributed by atoms with Crippen LogP contribution in [0.2, 0.25) is 0 Å². The fourth-order valence-electron chi connectivity index (χ4n) is 4.35. The summed E-state index contributed by atoms with van der Waals surface area (Å²) in [6, 6.07) is 9.35. The van der Waals surface area contributed by atoms with Crippen LogP contribution in [0.4, 0.5) is 10.6 Å². The summed E-state index contributed by atoms with van der Waals surface area (Å²) in [6.07, 6.45) is 1.02. The molecule has 9 nitrogen and oxygen atoms in total. The molecule has 34 heavy (non-hydrogen) atoms. The number of piperazine rings is 1. The van der Waals surface area contributed by atoms with Gasteiger partial charge in [0.2, 0.25) is 0 Å². The molecule has 1 saturated heterocycles. The van der Waals surface area contributed by atoms with Gasteiger partial charge < -0.3 is 19.3 Å². The molecule has 0 N–H and O–H groups in total. The molecule has 2 unspecified atom stereocenters. The van der Waals surface area contributed by atoms with Gasteiger partial charge in [-0.2, -0.15) is 0 Å². The van der Waals surface area contributed by atoms with Crippen LogP contribution in [-0.4, -0.2) is 64.5 Å². The number of carbonyl (C=O) groups is 3. The van der Waals surface area contributed by atoms with Crippen LogP contribution in [0.1, 0.15) is 55.2 Å². The monoisotopic (exact) mass is 466 g/mol. The molecular formula is C25H30N4O5. The Bertz CT molecular complexity index is 1070. The summed E-state index contributed by atoms with van der Waals surface area (Å²) in [5.74, 6) is -1.62. The molecule has 1 aromatic heterocycles. The van der Waals surface area contributed by atoms with E-state index in [1.54, 1.807) is 4.90 Å². The predicted octanol–water partition coefficient (Wildman–Crippen LogP) is 3.19. The number of Topliss-reactive ketones (excluding diaryl/α,β-unsaturated/α-hetero) is 1. The first-order valence-electron chi connectivity index (χ1n) is 11.5. The Morgan fingerprint density at radius 1 is 1.06 bits per heavy atom. The van der Waals surface area contributed by atoms with Crippen molar-refractivity contribution < 1.29 is 23.9 Å². The lowest BCUT2D eigenvalue weighted by Crippen LogP contribution is -2.50. The van der Waals surface area contributed by atoms with E-state index < -0.39 is 23.4 Å². The second kappa shape index (κ2) is 9.40. The number of aromatic nitrogens is 2.